The molecule has 0 bridgehead atoms. The third-order valence-corrected chi connectivity index (χ3v) is 4.58. The molecule has 0 fully saturated rings. The number of aryl methyl sites for hydroxylation is 1. The van der Waals surface area contributed by atoms with Gasteiger partial charge in [-0.1, -0.05) is 23.5 Å². The molecule has 0 saturated carbocycles. The van der Waals surface area contributed by atoms with E-state index in [1.807, 2.05) is 0 Å². The summed E-state index contributed by atoms with van der Waals surface area (Å²) < 4.78 is 26.4. The Morgan fingerprint density at radius 1 is 1.26 bits per heavy atom. The van der Waals surface area contributed by atoms with Crippen LogP contribution in [0.25, 0.3) is 0 Å². The summed E-state index contributed by atoms with van der Waals surface area (Å²) in [5, 5.41) is 7.48. The van der Waals surface area contributed by atoms with Crippen LogP contribution in [0.15, 0.2) is 34.7 Å². The molecule has 19 heavy (non-hydrogen) atoms. The maximum Gasteiger partial charge on any atom is 0.263 e. The summed E-state index contributed by atoms with van der Waals surface area (Å²) in [7, 11) is -3.59. The Balaban J connectivity index is 2.12. The van der Waals surface area contributed by atoms with Gasteiger partial charge in [0.1, 0.15) is 5.51 Å². The summed E-state index contributed by atoms with van der Waals surface area (Å²) in [6.45, 7) is 0.624. The van der Waals surface area contributed by atoms with E-state index < -0.39 is 10.0 Å². The number of nitrogens with zero attached hydrogens (tertiary/aromatic N) is 2. The minimum atomic E-state index is -3.59. The van der Waals surface area contributed by atoms with E-state index in [-0.39, 0.29) is 10.0 Å². The zero-order valence-corrected chi connectivity index (χ0v) is 11.7. The summed E-state index contributed by atoms with van der Waals surface area (Å²) in [5.74, 6) is 0. The molecule has 1 heterocycles. The van der Waals surface area contributed by atoms with Crippen molar-refractivity contribution in [2.45, 2.75) is 17.7 Å². The Bertz CT molecular complexity index is 609. The van der Waals surface area contributed by atoms with Crippen LogP contribution in [0, 0.1) is 0 Å². The second kappa shape index (κ2) is 6.09. The lowest BCUT2D eigenvalue weighted by Gasteiger charge is -2.06. The molecule has 0 aliphatic carbocycles. The van der Waals surface area contributed by atoms with E-state index in [9.17, 15) is 8.42 Å². The molecule has 1 aromatic heterocycles. The van der Waals surface area contributed by atoms with Gasteiger partial charge in [-0.15, -0.1) is 10.2 Å². The number of anilines is 1. The van der Waals surface area contributed by atoms with E-state index in [0.717, 1.165) is 29.7 Å². The lowest BCUT2D eigenvalue weighted by molar-refractivity contribution is 0.601. The average molecular weight is 298 g/mol. The predicted octanol–water partition coefficient (Wildman–Crippen LogP) is 1.23. The summed E-state index contributed by atoms with van der Waals surface area (Å²) in [6.07, 6.45) is 1.73. The van der Waals surface area contributed by atoms with Gasteiger partial charge in [0.2, 0.25) is 5.13 Å². The minimum absolute atomic E-state index is 0.208. The Kier molecular flexibility index (Phi) is 4.46. The smallest absolute Gasteiger partial charge is 0.263 e. The average Bonchev–Trinajstić information content (AvgIpc) is 2.89. The van der Waals surface area contributed by atoms with Crippen molar-refractivity contribution in [1.29, 1.82) is 0 Å². The predicted molar refractivity (Wildman–Crippen MR) is 74.5 cm³/mol. The number of hydrogen-bond donors (Lipinski definition) is 2. The third-order valence-electron chi connectivity index (χ3n) is 2.48. The van der Waals surface area contributed by atoms with E-state index in [1.165, 1.54) is 5.51 Å². The quantitative estimate of drug-likeness (QED) is 0.836. The zero-order valence-electron chi connectivity index (χ0n) is 10.1. The van der Waals surface area contributed by atoms with Crippen molar-refractivity contribution in [2.24, 2.45) is 5.73 Å². The molecule has 0 aliphatic heterocycles. The largest absolute Gasteiger partial charge is 0.330 e. The van der Waals surface area contributed by atoms with Crippen molar-refractivity contribution >= 4 is 26.5 Å². The van der Waals surface area contributed by atoms with Crippen molar-refractivity contribution in [2.75, 3.05) is 11.3 Å². The van der Waals surface area contributed by atoms with Gasteiger partial charge < -0.3 is 5.73 Å². The fourth-order valence-corrected chi connectivity index (χ4v) is 3.23. The molecule has 6 nitrogen and oxygen atoms in total. The van der Waals surface area contributed by atoms with Crippen molar-refractivity contribution in [3.8, 4) is 0 Å². The van der Waals surface area contributed by atoms with Gasteiger partial charge in [-0.25, -0.2) is 8.42 Å². The number of aromatic nitrogens is 2. The van der Waals surface area contributed by atoms with E-state index in [1.54, 1.807) is 24.3 Å². The Morgan fingerprint density at radius 2 is 2.00 bits per heavy atom. The Hall–Kier alpha value is -1.51. The molecule has 0 amide bonds. The van der Waals surface area contributed by atoms with Crippen LogP contribution in [-0.2, 0) is 16.4 Å². The summed E-state index contributed by atoms with van der Waals surface area (Å²) >= 11 is 1.13. The first-order valence-electron chi connectivity index (χ1n) is 5.70. The molecule has 0 spiro atoms. The van der Waals surface area contributed by atoms with Crippen LogP contribution < -0.4 is 10.5 Å². The highest BCUT2D eigenvalue weighted by molar-refractivity contribution is 7.93. The maximum absolute atomic E-state index is 12.0. The Labute approximate surface area is 115 Å². The first-order valence-corrected chi connectivity index (χ1v) is 8.06. The molecule has 1 aromatic carbocycles. The van der Waals surface area contributed by atoms with E-state index in [2.05, 4.69) is 14.9 Å². The van der Waals surface area contributed by atoms with Gasteiger partial charge in [0.05, 0.1) is 4.90 Å². The van der Waals surface area contributed by atoms with Gasteiger partial charge in [0.25, 0.3) is 10.0 Å². The first-order chi connectivity index (χ1) is 9.12. The van der Waals surface area contributed by atoms with E-state index in [4.69, 9.17) is 5.73 Å². The molecular weight excluding hydrogens is 284 g/mol. The van der Waals surface area contributed by atoms with Crippen LogP contribution in [0.5, 0.6) is 0 Å². The number of nitrogens with two attached hydrogens (primary N) is 1. The summed E-state index contributed by atoms with van der Waals surface area (Å²) in [6, 6.07) is 6.75. The molecule has 102 valence electrons. The van der Waals surface area contributed by atoms with Crippen LogP contribution in [0.3, 0.4) is 0 Å². The van der Waals surface area contributed by atoms with Gasteiger partial charge >= 0.3 is 0 Å². The number of rotatable bonds is 6. The maximum atomic E-state index is 12.0. The third kappa shape index (κ3) is 3.72. The van der Waals surface area contributed by atoms with E-state index >= 15 is 0 Å². The highest BCUT2D eigenvalue weighted by Gasteiger charge is 2.15. The zero-order chi connectivity index (χ0) is 13.7. The lowest BCUT2D eigenvalue weighted by Crippen LogP contribution is -2.12. The minimum Gasteiger partial charge on any atom is -0.330 e. The fourth-order valence-electron chi connectivity index (χ4n) is 1.53. The molecule has 0 aliphatic rings. The standard InChI is InChI=1S/C11H14N4O2S2/c12-7-1-2-9-3-5-10(6-4-9)19(16,17)15-11-14-13-8-18-11/h3-6,8H,1-2,7,12H2,(H,14,15). The van der Waals surface area contributed by atoms with E-state index in [0.29, 0.717) is 6.54 Å². The SMILES string of the molecule is NCCCc1ccc(S(=O)(=O)Nc2nncs2)cc1. The summed E-state index contributed by atoms with van der Waals surface area (Å²) in [5.41, 5.74) is 7.97. The number of nitrogens with one attached hydrogen (secondary N) is 1. The number of sulfonamides is 1. The second-order valence-corrected chi connectivity index (χ2v) is 6.40. The highest BCUT2D eigenvalue weighted by Crippen LogP contribution is 2.17. The Morgan fingerprint density at radius 3 is 2.58 bits per heavy atom. The lowest BCUT2D eigenvalue weighted by atomic mass is 10.1. The normalized spacial score (nSPS) is 11.4. The van der Waals surface area contributed by atoms with Gasteiger partial charge in [0.15, 0.2) is 0 Å². The number of benzene rings is 1. The van der Waals surface area contributed by atoms with Gasteiger partial charge in [-0.2, -0.15) is 0 Å². The molecule has 0 atom stereocenters. The number of hydrogen-bond acceptors (Lipinski definition) is 6. The first kappa shape index (κ1) is 13.9. The fraction of sp³-hybridized carbons (Fsp3) is 0.273. The molecule has 3 N–H and O–H groups in total. The topological polar surface area (TPSA) is 98.0 Å². The molecule has 2 rings (SSSR count). The second-order valence-electron chi connectivity index (χ2n) is 3.89. The van der Waals surface area contributed by atoms with Gasteiger partial charge in [0, 0.05) is 0 Å². The molecule has 0 radical (unpaired) electrons. The van der Waals surface area contributed by atoms with Crippen molar-refractivity contribution < 1.29 is 8.42 Å². The van der Waals surface area contributed by atoms with Crippen molar-refractivity contribution in [1.82, 2.24) is 10.2 Å². The van der Waals surface area contributed by atoms with Crippen LogP contribution in [0.4, 0.5) is 5.13 Å². The molecule has 8 heteroatoms. The molecule has 0 unspecified atom stereocenters. The van der Waals surface area contributed by atoms with Crippen LogP contribution in [0.1, 0.15) is 12.0 Å². The summed E-state index contributed by atoms with van der Waals surface area (Å²) in [4.78, 5) is 0.208. The highest BCUT2D eigenvalue weighted by atomic mass is 32.2. The molecule has 0 saturated heterocycles. The van der Waals surface area contributed by atoms with Crippen LogP contribution in [0.2, 0.25) is 0 Å². The van der Waals surface area contributed by atoms with Crippen molar-refractivity contribution in [3.05, 3.63) is 35.3 Å². The van der Waals surface area contributed by atoms with Crippen molar-refractivity contribution in [3.63, 3.8) is 0 Å². The van der Waals surface area contributed by atoms with Gasteiger partial charge in [-0.05, 0) is 37.1 Å². The van der Waals surface area contributed by atoms with Crippen LogP contribution in [-0.4, -0.2) is 25.2 Å². The van der Waals surface area contributed by atoms with Gasteiger partial charge in [-0.3, -0.25) is 4.72 Å². The molecule has 2 aromatic rings. The molecular formula is C11H14N4O2S2. The monoisotopic (exact) mass is 298 g/mol. The van der Waals surface area contributed by atoms with Crippen LogP contribution >= 0.6 is 11.3 Å².